The molecule has 106 valence electrons. The van der Waals surface area contributed by atoms with Gasteiger partial charge in [-0.3, -0.25) is 4.79 Å². The number of hydrogen-bond donors (Lipinski definition) is 1. The van der Waals surface area contributed by atoms with Gasteiger partial charge in [0.1, 0.15) is 0 Å². The topological polar surface area (TPSA) is 75.3 Å². The Kier molecular flexibility index (Phi) is 3.41. The van der Waals surface area contributed by atoms with Crippen molar-refractivity contribution in [1.82, 2.24) is 9.97 Å². The number of aromatic nitrogens is 2. The smallest absolute Gasteiger partial charge is 0.423 e. The van der Waals surface area contributed by atoms with E-state index in [1.54, 1.807) is 23.6 Å². The first-order valence-electron chi connectivity index (χ1n) is 6.11. The Labute approximate surface area is 124 Å². The number of imide groups is 1. The van der Waals surface area contributed by atoms with Crippen LogP contribution in [0.5, 0.6) is 0 Å². The lowest BCUT2D eigenvalue weighted by molar-refractivity contribution is 0.0978. The molecule has 6 nitrogen and oxygen atoms in total. The fourth-order valence-corrected chi connectivity index (χ4v) is 2.57. The molecule has 2 aromatic heterocycles. The van der Waals surface area contributed by atoms with Gasteiger partial charge in [-0.25, -0.2) is 9.78 Å². The maximum absolute atomic E-state index is 12.5. The summed E-state index contributed by atoms with van der Waals surface area (Å²) < 4.78 is 4.69. The molecule has 0 saturated heterocycles. The van der Waals surface area contributed by atoms with Crippen LogP contribution in [0.2, 0.25) is 0 Å². The second-order valence-corrected chi connectivity index (χ2v) is 5.11. The molecule has 0 unspecified atom stereocenters. The Bertz CT molecular complexity index is 762. The van der Waals surface area contributed by atoms with Crippen LogP contribution in [0.15, 0.2) is 41.8 Å². The first-order valence-corrected chi connectivity index (χ1v) is 6.99. The zero-order valence-corrected chi connectivity index (χ0v) is 11.9. The van der Waals surface area contributed by atoms with Crippen LogP contribution < -0.4 is 4.90 Å². The van der Waals surface area contributed by atoms with Gasteiger partial charge in [-0.1, -0.05) is 18.2 Å². The molecular weight excluding hydrogens is 290 g/mol. The Morgan fingerprint density at radius 1 is 1.24 bits per heavy atom. The zero-order valence-electron chi connectivity index (χ0n) is 11.1. The van der Waals surface area contributed by atoms with Gasteiger partial charge in [0, 0.05) is 0 Å². The molecule has 21 heavy (non-hydrogen) atoms. The van der Waals surface area contributed by atoms with E-state index in [-0.39, 0.29) is 5.95 Å². The van der Waals surface area contributed by atoms with Crippen LogP contribution in [-0.4, -0.2) is 29.1 Å². The minimum Gasteiger partial charge on any atom is -0.452 e. The third-order valence-corrected chi connectivity index (χ3v) is 3.74. The molecule has 0 aliphatic heterocycles. The largest absolute Gasteiger partial charge is 0.452 e. The molecule has 1 N–H and O–H groups in total. The molecule has 0 aliphatic carbocycles. The summed E-state index contributed by atoms with van der Waals surface area (Å²) in [6, 6.07) is 10.7. The second kappa shape index (κ2) is 5.37. The summed E-state index contributed by atoms with van der Waals surface area (Å²) in [7, 11) is 1.22. The Morgan fingerprint density at radius 3 is 2.71 bits per heavy atom. The van der Waals surface area contributed by atoms with Gasteiger partial charge in [0.05, 0.1) is 23.0 Å². The van der Waals surface area contributed by atoms with Gasteiger partial charge in [0.2, 0.25) is 5.95 Å². The molecule has 0 atom stereocenters. The van der Waals surface area contributed by atoms with E-state index in [9.17, 15) is 9.59 Å². The van der Waals surface area contributed by atoms with Gasteiger partial charge >= 0.3 is 6.09 Å². The van der Waals surface area contributed by atoms with Crippen molar-refractivity contribution < 1.29 is 14.3 Å². The number of ether oxygens (including phenoxy) is 1. The van der Waals surface area contributed by atoms with Crippen molar-refractivity contribution in [2.75, 3.05) is 12.0 Å². The number of aromatic amines is 1. The average molecular weight is 301 g/mol. The summed E-state index contributed by atoms with van der Waals surface area (Å²) in [6.07, 6.45) is -0.785. The zero-order chi connectivity index (χ0) is 14.8. The van der Waals surface area contributed by atoms with Crippen molar-refractivity contribution in [3.63, 3.8) is 0 Å². The summed E-state index contributed by atoms with van der Waals surface area (Å²) >= 11 is 1.25. The predicted molar refractivity (Wildman–Crippen MR) is 79.6 cm³/mol. The second-order valence-electron chi connectivity index (χ2n) is 4.17. The maximum atomic E-state index is 12.5. The number of nitrogens with one attached hydrogen (secondary N) is 1. The van der Waals surface area contributed by atoms with E-state index < -0.39 is 12.0 Å². The van der Waals surface area contributed by atoms with Crippen molar-refractivity contribution in [1.29, 1.82) is 0 Å². The lowest BCUT2D eigenvalue weighted by Gasteiger charge is -2.15. The Morgan fingerprint density at radius 2 is 2.05 bits per heavy atom. The number of para-hydroxylation sites is 2. The third kappa shape index (κ3) is 2.38. The third-order valence-electron chi connectivity index (χ3n) is 2.88. The highest BCUT2D eigenvalue weighted by molar-refractivity contribution is 7.12. The Hall–Kier alpha value is -2.67. The highest BCUT2D eigenvalue weighted by Crippen LogP contribution is 2.21. The number of anilines is 1. The minimum atomic E-state index is -0.785. The molecule has 0 aliphatic rings. The lowest BCUT2D eigenvalue weighted by Crippen LogP contribution is -2.37. The van der Waals surface area contributed by atoms with E-state index in [0.717, 1.165) is 10.4 Å². The molecule has 1 aromatic carbocycles. The van der Waals surface area contributed by atoms with Gasteiger partial charge in [0.25, 0.3) is 5.91 Å². The number of nitrogens with zero attached hydrogens (tertiary/aromatic N) is 2. The van der Waals surface area contributed by atoms with Gasteiger partial charge in [0.15, 0.2) is 0 Å². The molecule has 0 spiro atoms. The minimum absolute atomic E-state index is 0.140. The van der Waals surface area contributed by atoms with Crippen molar-refractivity contribution >= 4 is 40.3 Å². The van der Waals surface area contributed by atoms with Gasteiger partial charge in [-0.05, 0) is 23.6 Å². The van der Waals surface area contributed by atoms with Crippen molar-refractivity contribution in [2.45, 2.75) is 0 Å². The number of carbonyl (C=O) groups is 2. The molecule has 0 saturated carbocycles. The number of imidazole rings is 1. The van der Waals surface area contributed by atoms with Crippen molar-refractivity contribution in [3.8, 4) is 0 Å². The summed E-state index contributed by atoms with van der Waals surface area (Å²) in [4.78, 5) is 33.0. The molecule has 0 radical (unpaired) electrons. The van der Waals surface area contributed by atoms with Crippen LogP contribution in [0.3, 0.4) is 0 Å². The van der Waals surface area contributed by atoms with Crippen LogP contribution in [0.25, 0.3) is 11.0 Å². The first-order chi connectivity index (χ1) is 10.2. The molecule has 0 fully saturated rings. The number of thiophene rings is 1. The van der Waals surface area contributed by atoms with Gasteiger partial charge in [-0.15, -0.1) is 11.3 Å². The lowest BCUT2D eigenvalue weighted by atomic mass is 10.3. The predicted octanol–water partition coefficient (Wildman–Crippen LogP) is 3.04. The van der Waals surface area contributed by atoms with E-state index in [4.69, 9.17) is 4.74 Å². The molecule has 0 bridgehead atoms. The fraction of sp³-hybridized carbons (Fsp3) is 0.0714. The number of hydrogen-bond acceptors (Lipinski definition) is 5. The van der Waals surface area contributed by atoms with E-state index in [0.29, 0.717) is 10.4 Å². The fourth-order valence-electron chi connectivity index (χ4n) is 1.91. The number of benzene rings is 1. The monoisotopic (exact) mass is 301 g/mol. The number of methoxy groups -OCH3 is 1. The number of carbonyl (C=O) groups excluding carboxylic acids is 2. The van der Waals surface area contributed by atoms with E-state index in [1.807, 2.05) is 18.2 Å². The SMILES string of the molecule is COC(=O)N(C(=O)c1cccs1)c1nc2ccccc2[nH]1. The molecule has 3 rings (SSSR count). The van der Waals surface area contributed by atoms with Crippen LogP contribution in [0, 0.1) is 0 Å². The summed E-state index contributed by atoms with van der Waals surface area (Å²) in [6.45, 7) is 0. The quantitative estimate of drug-likeness (QED) is 0.789. The maximum Gasteiger partial charge on any atom is 0.423 e. The summed E-state index contributed by atoms with van der Waals surface area (Å²) in [5.74, 6) is -0.336. The number of fused-ring (bicyclic) bond motifs is 1. The van der Waals surface area contributed by atoms with Crippen LogP contribution in [0.1, 0.15) is 9.67 Å². The van der Waals surface area contributed by atoms with Crippen molar-refractivity contribution in [3.05, 3.63) is 46.7 Å². The van der Waals surface area contributed by atoms with E-state index in [1.165, 1.54) is 18.4 Å². The highest BCUT2D eigenvalue weighted by atomic mass is 32.1. The normalized spacial score (nSPS) is 10.5. The summed E-state index contributed by atoms with van der Waals surface area (Å²) in [5, 5.41) is 1.77. The highest BCUT2D eigenvalue weighted by Gasteiger charge is 2.29. The molecule has 7 heteroatoms. The number of H-pyrrole nitrogens is 1. The number of rotatable bonds is 2. The first kappa shape index (κ1) is 13.3. The van der Waals surface area contributed by atoms with E-state index >= 15 is 0 Å². The average Bonchev–Trinajstić information content (AvgIpc) is 3.16. The Balaban J connectivity index is 2.07. The standard InChI is InChI=1S/C14H11N3O3S/c1-20-14(19)17(12(18)11-7-4-8-21-11)13-15-9-5-2-3-6-10(9)16-13/h2-8H,1H3,(H,15,16). The summed E-state index contributed by atoms with van der Waals surface area (Å²) in [5.41, 5.74) is 1.40. The van der Waals surface area contributed by atoms with Gasteiger partial charge < -0.3 is 9.72 Å². The van der Waals surface area contributed by atoms with E-state index in [2.05, 4.69) is 9.97 Å². The number of amides is 2. The molecular formula is C14H11N3O3S. The molecule has 3 aromatic rings. The van der Waals surface area contributed by atoms with Gasteiger partial charge in [-0.2, -0.15) is 4.90 Å². The van der Waals surface area contributed by atoms with Crippen LogP contribution in [-0.2, 0) is 4.74 Å². The molecule has 2 heterocycles. The molecule has 2 amide bonds. The van der Waals surface area contributed by atoms with Crippen LogP contribution >= 0.6 is 11.3 Å². The van der Waals surface area contributed by atoms with Crippen molar-refractivity contribution in [2.24, 2.45) is 0 Å². The van der Waals surface area contributed by atoms with Crippen LogP contribution in [0.4, 0.5) is 10.7 Å².